The van der Waals surface area contributed by atoms with E-state index in [1.807, 2.05) is 0 Å². The highest BCUT2D eigenvalue weighted by molar-refractivity contribution is 9.10. The van der Waals surface area contributed by atoms with Crippen LogP contribution in [0.5, 0.6) is 0 Å². The van der Waals surface area contributed by atoms with Gasteiger partial charge in [-0.15, -0.1) is 0 Å². The highest BCUT2D eigenvalue weighted by Crippen LogP contribution is 2.45. The molecule has 2 rings (SSSR count). The average molecular weight is 475 g/mol. The first-order valence-corrected chi connectivity index (χ1v) is 7.92. The van der Waals surface area contributed by atoms with Gasteiger partial charge in [0.1, 0.15) is 5.69 Å². The smallest absolute Gasteiger partial charge is 0.347 e. The van der Waals surface area contributed by atoms with Crippen molar-refractivity contribution in [2.75, 3.05) is 5.32 Å². The second kappa shape index (κ2) is 7.25. The molecule has 0 amide bonds. The summed E-state index contributed by atoms with van der Waals surface area (Å²) in [5.41, 5.74) is -4.91. The molecule has 138 valence electrons. The zero-order valence-corrected chi connectivity index (χ0v) is 15.2. The lowest BCUT2D eigenvalue weighted by Crippen LogP contribution is -2.12. The van der Waals surface area contributed by atoms with Gasteiger partial charge in [-0.05, 0) is 28.1 Å². The van der Waals surface area contributed by atoms with E-state index < -0.39 is 38.6 Å². The highest BCUT2D eigenvalue weighted by atomic mass is 79.9. The van der Waals surface area contributed by atoms with Gasteiger partial charge in [0, 0.05) is 15.6 Å². The van der Waals surface area contributed by atoms with E-state index in [1.165, 1.54) is 12.1 Å². The van der Waals surface area contributed by atoms with Gasteiger partial charge in [-0.3, -0.25) is 20.2 Å². The van der Waals surface area contributed by atoms with Crippen molar-refractivity contribution < 1.29 is 23.0 Å². The number of non-ortho nitro benzene ring substituents is 1. The van der Waals surface area contributed by atoms with Crippen LogP contribution in [-0.2, 0) is 6.18 Å². The minimum Gasteiger partial charge on any atom is -0.347 e. The Morgan fingerprint density at radius 2 is 1.62 bits per heavy atom. The lowest BCUT2D eigenvalue weighted by molar-refractivity contribution is -0.394. The predicted molar refractivity (Wildman–Crippen MR) is 92.2 cm³/mol. The molecule has 0 radical (unpaired) electrons. The monoisotopic (exact) mass is 473 g/mol. The number of halogens is 6. The number of nitro groups is 2. The van der Waals surface area contributed by atoms with Crippen molar-refractivity contribution in [2.45, 2.75) is 6.18 Å². The Kier molecular flexibility index (Phi) is 5.64. The first-order chi connectivity index (χ1) is 11.9. The number of rotatable bonds is 4. The fraction of sp³-hybridized carbons (Fsp3) is 0.0769. The van der Waals surface area contributed by atoms with Gasteiger partial charge in [-0.25, -0.2) is 0 Å². The molecule has 26 heavy (non-hydrogen) atoms. The van der Waals surface area contributed by atoms with E-state index in [0.717, 1.165) is 0 Å². The summed E-state index contributed by atoms with van der Waals surface area (Å²) >= 11 is 14.7. The zero-order valence-electron chi connectivity index (χ0n) is 12.1. The van der Waals surface area contributed by atoms with Crippen LogP contribution in [0.2, 0.25) is 10.0 Å². The molecule has 2 aromatic carbocycles. The topological polar surface area (TPSA) is 98.3 Å². The number of hydrogen-bond acceptors (Lipinski definition) is 5. The molecule has 7 nitrogen and oxygen atoms in total. The average Bonchev–Trinajstić information content (AvgIpc) is 2.48. The number of benzene rings is 2. The minimum absolute atomic E-state index is 0.120. The van der Waals surface area contributed by atoms with Gasteiger partial charge in [0.2, 0.25) is 0 Å². The van der Waals surface area contributed by atoms with E-state index in [0.29, 0.717) is 6.07 Å². The Morgan fingerprint density at radius 1 is 1.00 bits per heavy atom. The maximum atomic E-state index is 13.4. The van der Waals surface area contributed by atoms with Crippen LogP contribution >= 0.6 is 39.1 Å². The number of hydrogen-bond donors (Lipinski definition) is 1. The lowest BCUT2D eigenvalue weighted by atomic mass is 10.1. The first-order valence-electron chi connectivity index (χ1n) is 6.37. The highest BCUT2D eigenvalue weighted by Gasteiger charge is 2.40. The van der Waals surface area contributed by atoms with Crippen LogP contribution in [0.4, 0.5) is 35.9 Å². The van der Waals surface area contributed by atoms with Crippen LogP contribution in [0, 0.1) is 20.2 Å². The summed E-state index contributed by atoms with van der Waals surface area (Å²) in [4.78, 5) is 19.7. The molecular weight excluding hydrogens is 470 g/mol. The normalized spacial score (nSPS) is 11.3. The number of alkyl halides is 3. The number of anilines is 2. The van der Waals surface area contributed by atoms with Gasteiger partial charge >= 0.3 is 6.18 Å². The zero-order chi connectivity index (χ0) is 19.8. The lowest BCUT2D eigenvalue weighted by Gasteiger charge is -2.16. The van der Waals surface area contributed by atoms with Gasteiger partial charge in [0.15, 0.2) is 0 Å². The summed E-state index contributed by atoms with van der Waals surface area (Å²) < 4.78 is 40.2. The molecule has 0 aromatic heterocycles. The van der Waals surface area contributed by atoms with Crippen molar-refractivity contribution in [3.63, 3.8) is 0 Å². The van der Waals surface area contributed by atoms with Gasteiger partial charge < -0.3 is 5.32 Å². The van der Waals surface area contributed by atoms with Crippen LogP contribution < -0.4 is 5.32 Å². The molecule has 0 aliphatic carbocycles. The molecule has 0 aliphatic rings. The van der Waals surface area contributed by atoms with Crippen molar-refractivity contribution >= 4 is 61.9 Å². The molecule has 1 N–H and O–H groups in total. The van der Waals surface area contributed by atoms with Crippen molar-refractivity contribution in [3.05, 3.63) is 64.6 Å². The molecule has 13 heteroatoms. The maximum Gasteiger partial charge on any atom is 0.418 e. The van der Waals surface area contributed by atoms with Gasteiger partial charge in [0.05, 0.1) is 32.2 Å². The van der Waals surface area contributed by atoms with Crippen molar-refractivity contribution in [2.24, 2.45) is 0 Å². The Labute approximate surface area is 161 Å². The van der Waals surface area contributed by atoms with E-state index in [9.17, 15) is 33.4 Å². The summed E-state index contributed by atoms with van der Waals surface area (Å²) in [6.45, 7) is 0. The van der Waals surface area contributed by atoms with E-state index in [2.05, 4.69) is 21.2 Å². The van der Waals surface area contributed by atoms with Crippen LogP contribution in [-0.4, -0.2) is 9.85 Å². The van der Waals surface area contributed by atoms with Crippen LogP contribution in [0.25, 0.3) is 0 Å². The number of nitrogens with one attached hydrogen (secondary N) is 1. The fourth-order valence-corrected chi connectivity index (χ4v) is 3.35. The van der Waals surface area contributed by atoms with Crippen LogP contribution in [0.15, 0.2) is 28.7 Å². The van der Waals surface area contributed by atoms with Crippen molar-refractivity contribution in [3.8, 4) is 0 Å². The molecule has 0 saturated heterocycles. The summed E-state index contributed by atoms with van der Waals surface area (Å²) in [6.07, 6.45) is -5.11. The third-order valence-electron chi connectivity index (χ3n) is 3.07. The minimum atomic E-state index is -5.11. The fourth-order valence-electron chi connectivity index (χ4n) is 2.00. The summed E-state index contributed by atoms with van der Waals surface area (Å²) in [7, 11) is 0. The standard InChI is InChI=1S/C13H5BrCl2F3N3O4/c14-8-1-5(15)2-9(16)12(8)20-11-7(13(17,18)19)3-6(21(23)24)4-10(11)22(25)26/h1-4,20H. The Bertz CT molecular complexity index is 901. The molecule has 0 heterocycles. The van der Waals surface area contributed by atoms with Gasteiger partial charge in [-0.1, -0.05) is 23.2 Å². The predicted octanol–water partition coefficient (Wildman–Crippen LogP) is 6.33. The van der Waals surface area contributed by atoms with E-state index in [-0.39, 0.29) is 26.3 Å². The van der Waals surface area contributed by atoms with E-state index in [4.69, 9.17) is 23.2 Å². The Hall–Kier alpha value is -2.11. The Balaban J connectivity index is 2.78. The largest absolute Gasteiger partial charge is 0.418 e. The molecule has 0 saturated carbocycles. The van der Waals surface area contributed by atoms with Crippen molar-refractivity contribution in [1.29, 1.82) is 0 Å². The Morgan fingerprint density at radius 3 is 2.08 bits per heavy atom. The molecule has 0 spiro atoms. The summed E-state index contributed by atoms with van der Waals surface area (Å²) in [6, 6.07) is 3.14. The number of nitro benzene ring substituents is 2. The summed E-state index contributed by atoms with van der Waals surface area (Å²) in [5, 5.41) is 24.3. The SMILES string of the molecule is O=[N+]([O-])c1cc([N+](=O)[O-])c(Nc2c(Cl)cc(Cl)cc2Br)c(C(F)(F)F)c1. The second-order valence-electron chi connectivity index (χ2n) is 4.77. The number of nitrogens with zero attached hydrogens (tertiary/aromatic N) is 2. The van der Waals surface area contributed by atoms with Crippen LogP contribution in [0.3, 0.4) is 0 Å². The summed E-state index contributed by atoms with van der Waals surface area (Å²) in [5.74, 6) is 0. The molecule has 0 bridgehead atoms. The third kappa shape index (κ3) is 4.17. The van der Waals surface area contributed by atoms with Crippen molar-refractivity contribution in [1.82, 2.24) is 0 Å². The van der Waals surface area contributed by atoms with E-state index >= 15 is 0 Å². The quantitative estimate of drug-likeness (QED) is 0.412. The van der Waals surface area contributed by atoms with Crippen LogP contribution in [0.1, 0.15) is 5.56 Å². The maximum absolute atomic E-state index is 13.4. The molecule has 0 atom stereocenters. The molecule has 0 unspecified atom stereocenters. The molecule has 0 aliphatic heterocycles. The van der Waals surface area contributed by atoms with E-state index in [1.54, 1.807) is 0 Å². The molecular formula is C13H5BrCl2F3N3O4. The molecule has 0 fully saturated rings. The molecule has 2 aromatic rings. The second-order valence-corrected chi connectivity index (χ2v) is 6.47. The first kappa shape index (κ1) is 20.2. The third-order valence-corrected chi connectivity index (χ3v) is 4.21. The van der Waals surface area contributed by atoms with Gasteiger partial charge in [-0.2, -0.15) is 13.2 Å². The van der Waals surface area contributed by atoms with Gasteiger partial charge in [0.25, 0.3) is 11.4 Å².